The van der Waals surface area contributed by atoms with Crippen molar-refractivity contribution in [2.45, 2.75) is 6.42 Å². The number of para-hydroxylation sites is 1. The Labute approximate surface area is 124 Å². The molecule has 0 bridgehead atoms. The van der Waals surface area contributed by atoms with Crippen LogP contribution in [0.5, 0.6) is 5.75 Å². The van der Waals surface area contributed by atoms with Crippen molar-refractivity contribution in [2.24, 2.45) is 0 Å². The lowest BCUT2D eigenvalue weighted by Gasteiger charge is -2.19. The maximum absolute atomic E-state index is 11.8. The largest absolute Gasteiger partial charge is 0.506 e. The first-order valence-corrected chi connectivity index (χ1v) is 6.85. The standard InChI is InChI=1S/C16H19N3O2/c1-19(14-6-3-2-4-7-14)9-5-8-18-16(21)13-10-15(20)12-17-11-13/h2-4,6-7,10-12,20H,5,8-9H2,1H3,(H,18,21). The number of aromatic hydroxyl groups is 1. The number of amides is 1. The Hall–Kier alpha value is -2.56. The van der Waals surface area contributed by atoms with Crippen molar-refractivity contribution in [3.8, 4) is 5.75 Å². The van der Waals surface area contributed by atoms with Crippen LogP contribution in [-0.4, -0.2) is 36.1 Å². The molecule has 5 heteroatoms. The number of nitrogens with zero attached hydrogens (tertiary/aromatic N) is 2. The molecule has 0 aliphatic heterocycles. The molecule has 1 aromatic carbocycles. The Morgan fingerprint density at radius 2 is 2.05 bits per heavy atom. The average Bonchev–Trinajstić information content (AvgIpc) is 2.52. The summed E-state index contributed by atoms with van der Waals surface area (Å²) < 4.78 is 0. The maximum atomic E-state index is 11.8. The maximum Gasteiger partial charge on any atom is 0.252 e. The smallest absolute Gasteiger partial charge is 0.252 e. The second kappa shape index (κ2) is 7.28. The summed E-state index contributed by atoms with van der Waals surface area (Å²) in [6.45, 7) is 1.42. The zero-order chi connectivity index (χ0) is 15.1. The number of hydrogen-bond acceptors (Lipinski definition) is 4. The van der Waals surface area contributed by atoms with Crippen LogP contribution in [0.2, 0.25) is 0 Å². The van der Waals surface area contributed by atoms with E-state index in [1.54, 1.807) is 0 Å². The lowest BCUT2D eigenvalue weighted by Crippen LogP contribution is -2.28. The zero-order valence-corrected chi connectivity index (χ0v) is 12.0. The summed E-state index contributed by atoms with van der Waals surface area (Å²) in [5, 5.41) is 12.1. The molecule has 2 aromatic rings. The average molecular weight is 285 g/mol. The van der Waals surface area contributed by atoms with Crippen LogP contribution >= 0.6 is 0 Å². The number of anilines is 1. The highest BCUT2D eigenvalue weighted by atomic mass is 16.3. The molecule has 0 aliphatic rings. The van der Waals surface area contributed by atoms with Crippen molar-refractivity contribution in [1.82, 2.24) is 10.3 Å². The van der Waals surface area contributed by atoms with Gasteiger partial charge in [-0.05, 0) is 24.6 Å². The van der Waals surface area contributed by atoms with Crippen molar-refractivity contribution in [2.75, 3.05) is 25.0 Å². The first-order chi connectivity index (χ1) is 10.2. The van der Waals surface area contributed by atoms with Crippen LogP contribution in [0.1, 0.15) is 16.8 Å². The van der Waals surface area contributed by atoms with Gasteiger partial charge in [0.05, 0.1) is 11.8 Å². The quantitative estimate of drug-likeness (QED) is 0.797. The predicted octanol–water partition coefficient (Wildman–Crippen LogP) is 2.04. The van der Waals surface area contributed by atoms with Gasteiger partial charge in [0.2, 0.25) is 0 Å². The fraction of sp³-hybridized carbons (Fsp3) is 0.250. The van der Waals surface area contributed by atoms with E-state index < -0.39 is 0 Å². The van der Waals surface area contributed by atoms with Gasteiger partial charge >= 0.3 is 0 Å². The van der Waals surface area contributed by atoms with E-state index in [4.69, 9.17) is 0 Å². The van der Waals surface area contributed by atoms with Crippen molar-refractivity contribution < 1.29 is 9.90 Å². The number of carbonyl (C=O) groups excluding carboxylic acids is 1. The van der Waals surface area contributed by atoms with Crippen molar-refractivity contribution in [1.29, 1.82) is 0 Å². The Kier molecular flexibility index (Phi) is 5.15. The van der Waals surface area contributed by atoms with Gasteiger partial charge in [-0.15, -0.1) is 0 Å². The molecule has 0 fully saturated rings. The van der Waals surface area contributed by atoms with Crippen LogP contribution in [-0.2, 0) is 0 Å². The number of hydrogen-bond donors (Lipinski definition) is 2. The SMILES string of the molecule is CN(CCCNC(=O)c1cncc(O)c1)c1ccccc1. The molecule has 0 saturated heterocycles. The minimum atomic E-state index is -0.222. The first-order valence-electron chi connectivity index (χ1n) is 6.85. The minimum Gasteiger partial charge on any atom is -0.506 e. The van der Waals surface area contributed by atoms with Gasteiger partial charge in [0.15, 0.2) is 0 Å². The molecule has 0 atom stereocenters. The Bertz CT molecular complexity index is 587. The van der Waals surface area contributed by atoms with E-state index in [0.717, 1.165) is 18.7 Å². The molecular formula is C16H19N3O2. The van der Waals surface area contributed by atoms with Crippen LogP contribution in [0, 0.1) is 0 Å². The molecule has 0 unspecified atom stereocenters. The van der Waals surface area contributed by atoms with Crippen LogP contribution in [0.4, 0.5) is 5.69 Å². The topological polar surface area (TPSA) is 65.5 Å². The Balaban J connectivity index is 1.74. The van der Waals surface area contributed by atoms with Gasteiger partial charge in [-0.1, -0.05) is 18.2 Å². The van der Waals surface area contributed by atoms with Crippen LogP contribution in [0.3, 0.4) is 0 Å². The molecule has 1 amide bonds. The van der Waals surface area contributed by atoms with E-state index in [-0.39, 0.29) is 11.7 Å². The van der Waals surface area contributed by atoms with E-state index >= 15 is 0 Å². The second-order valence-electron chi connectivity index (χ2n) is 4.80. The molecule has 0 saturated carbocycles. The van der Waals surface area contributed by atoms with Gasteiger partial charge in [-0.2, -0.15) is 0 Å². The van der Waals surface area contributed by atoms with Crippen LogP contribution in [0.25, 0.3) is 0 Å². The van der Waals surface area contributed by atoms with Gasteiger partial charge in [0.1, 0.15) is 5.75 Å². The summed E-state index contributed by atoms with van der Waals surface area (Å²) in [7, 11) is 2.02. The molecule has 0 aliphatic carbocycles. The molecule has 0 radical (unpaired) electrons. The zero-order valence-electron chi connectivity index (χ0n) is 12.0. The third-order valence-corrected chi connectivity index (χ3v) is 3.14. The van der Waals surface area contributed by atoms with Crippen molar-refractivity contribution >= 4 is 11.6 Å². The third kappa shape index (κ3) is 4.49. The van der Waals surface area contributed by atoms with E-state index in [1.807, 2.05) is 25.2 Å². The molecule has 1 heterocycles. The monoisotopic (exact) mass is 285 g/mol. The van der Waals surface area contributed by atoms with E-state index in [2.05, 4.69) is 27.3 Å². The molecule has 5 nitrogen and oxygen atoms in total. The molecule has 110 valence electrons. The Morgan fingerprint density at radius 3 is 2.76 bits per heavy atom. The number of aromatic nitrogens is 1. The fourth-order valence-corrected chi connectivity index (χ4v) is 1.98. The lowest BCUT2D eigenvalue weighted by atomic mass is 10.2. The summed E-state index contributed by atoms with van der Waals surface area (Å²) in [6.07, 6.45) is 3.57. The molecular weight excluding hydrogens is 266 g/mol. The van der Waals surface area contributed by atoms with Gasteiger partial charge < -0.3 is 15.3 Å². The van der Waals surface area contributed by atoms with Gasteiger partial charge in [0.25, 0.3) is 5.91 Å². The lowest BCUT2D eigenvalue weighted by molar-refractivity contribution is 0.0952. The van der Waals surface area contributed by atoms with Crippen LogP contribution < -0.4 is 10.2 Å². The normalized spacial score (nSPS) is 10.1. The van der Waals surface area contributed by atoms with E-state index in [1.165, 1.54) is 18.5 Å². The van der Waals surface area contributed by atoms with Crippen LogP contribution in [0.15, 0.2) is 48.8 Å². The molecule has 21 heavy (non-hydrogen) atoms. The molecule has 0 spiro atoms. The predicted molar refractivity (Wildman–Crippen MR) is 82.6 cm³/mol. The first kappa shape index (κ1) is 14.8. The summed E-state index contributed by atoms with van der Waals surface area (Å²) in [6, 6.07) is 11.5. The Morgan fingerprint density at radius 1 is 1.29 bits per heavy atom. The summed E-state index contributed by atoms with van der Waals surface area (Å²) in [5.41, 5.74) is 1.52. The fourth-order valence-electron chi connectivity index (χ4n) is 1.98. The number of rotatable bonds is 6. The van der Waals surface area contributed by atoms with Gasteiger partial charge in [-0.3, -0.25) is 9.78 Å². The number of nitrogens with one attached hydrogen (secondary N) is 1. The summed E-state index contributed by atoms with van der Waals surface area (Å²) in [4.78, 5) is 17.8. The van der Waals surface area contributed by atoms with Crippen molar-refractivity contribution in [3.63, 3.8) is 0 Å². The van der Waals surface area contributed by atoms with Gasteiger partial charge in [-0.25, -0.2) is 0 Å². The number of pyridine rings is 1. The highest BCUT2D eigenvalue weighted by Crippen LogP contribution is 2.11. The van der Waals surface area contributed by atoms with E-state index in [0.29, 0.717) is 12.1 Å². The molecule has 1 aromatic heterocycles. The molecule has 2 N–H and O–H groups in total. The highest BCUT2D eigenvalue weighted by Gasteiger charge is 2.06. The van der Waals surface area contributed by atoms with Crippen molar-refractivity contribution in [3.05, 3.63) is 54.4 Å². The number of benzene rings is 1. The van der Waals surface area contributed by atoms with Gasteiger partial charge in [0, 0.05) is 32.0 Å². The van der Waals surface area contributed by atoms with E-state index in [9.17, 15) is 9.90 Å². The summed E-state index contributed by atoms with van der Waals surface area (Å²) in [5.74, 6) is -0.229. The second-order valence-corrected chi connectivity index (χ2v) is 4.80. The minimum absolute atomic E-state index is 0.00791. The summed E-state index contributed by atoms with van der Waals surface area (Å²) >= 11 is 0. The number of carbonyl (C=O) groups is 1. The molecule has 2 rings (SSSR count). The third-order valence-electron chi connectivity index (χ3n) is 3.14. The highest BCUT2D eigenvalue weighted by molar-refractivity contribution is 5.94.